The number of carboxylic acid groups (broad SMARTS) is 1. The molecule has 3 rings (SSSR count). The van der Waals surface area contributed by atoms with Crippen LogP contribution in [0.2, 0.25) is 0 Å². The number of hydrogen-bond acceptors (Lipinski definition) is 11. The molecule has 1 saturated carbocycles. The van der Waals surface area contributed by atoms with Crippen molar-refractivity contribution in [1.29, 1.82) is 0 Å². The molecule has 14 heteroatoms. The molecule has 0 amide bonds. The molecular formula is C18H29N3O11. The molecule has 3 fully saturated rings. The third-order valence-corrected chi connectivity index (χ3v) is 5.63. The highest BCUT2D eigenvalue weighted by Gasteiger charge is 2.53. The van der Waals surface area contributed by atoms with E-state index in [2.05, 4.69) is 10.0 Å². The van der Waals surface area contributed by atoms with E-state index in [1.807, 2.05) is 0 Å². The van der Waals surface area contributed by atoms with E-state index in [-0.39, 0.29) is 32.3 Å². The number of aliphatic carboxylic acids is 1. The van der Waals surface area contributed by atoms with Gasteiger partial charge in [-0.05, 0) is 18.4 Å². The SMILES string of the molecule is [N-]=[N+]=NCCO[C@@H]1OC(C(=O)O)[C@@H](O)C(O[C@H]2OC[C@@H](OC3CCCC3)CC2(O)O)C1O. The molecule has 0 bridgehead atoms. The first kappa shape index (κ1) is 25.1. The third-order valence-electron chi connectivity index (χ3n) is 5.63. The van der Waals surface area contributed by atoms with Crippen LogP contribution in [0.15, 0.2) is 5.11 Å². The predicted octanol–water partition coefficient (Wildman–Crippen LogP) is -1.02. The van der Waals surface area contributed by atoms with E-state index in [1.54, 1.807) is 0 Å². The first-order valence-corrected chi connectivity index (χ1v) is 10.5. The van der Waals surface area contributed by atoms with Crippen LogP contribution in [-0.2, 0) is 28.5 Å². The Labute approximate surface area is 183 Å². The quantitative estimate of drug-likeness (QED) is 0.0917. The van der Waals surface area contributed by atoms with Crippen molar-refractivity contribution in [2.24, 2.45) is 5.11 Å². The Morgan fingerprint density at radius 3 is 2.50 bits per heavy atom. The van der Waals surface area contributed by atoms with Gasteiger partial charge in [-0.25, -0.2) is 4.79 Å². The lowest BCUT2D eigenvalue weighted by Crippen LogP contribution is -2.64. The van der Waals surface area contributed by atoms with Crippen molar-refractivity contribution in [1.82, 2.24) is 0 Å². The van der Waals surface area contributed by atoms with Gasteiger partial charge < -0.3 is 49.2 Å². The number of hydrogen-bond donors (Lipinski definition) is 5. The van der Waals surface area contributed by atoms with Crippen LogP contribution in [0.25, 0.3) is 10.4 Å². The molecule has 0 aromatic rings. The first-order chi connectivity index (χ1) is 15.2. The van der Waals surface area contributed by atoms with E-state index in [1.165, 1.54) is 0 Å². The number of azide groups is 1. The Bertz CT molecular complexity index is 683. The maximum absolute atomic E-state index is 11.5. The van der Waals surface area contributed by atoms with Gasteiger partial charge >= 0.3 is 5.97 Å². The summed E-state index contributed by atoms with van der Waals surface area (Å²) >= 11 is 0. The minimum atomic E-state index is -2.52. The van der Waals surface area contributed by atoms with Crippen molar-refractivity contribution in [3.63, 3.8) is 0 Å². The van der Waals surface area contributed by atoms with Gasteiger partial charge in [-0.1, -0.05) is 18.0 Å². The standard InChI is InChI=1S/C18H29N3O11/c19-21-20-5-6-28-16-12(23)13(11(22)14(31-16)15(24)25)32-17-18(26,27)7-10(8-29-17)30-9-3-1-2-4-9/h9-14,16-17,22-23,26-27H,1-8H2,(H,24,25)/t10-,11-,12?,13?,14?,16+,17+/m0/s1. The lowest BCUT2D eigenvalue weighted by molar-refractivity contribution is -0.391. The molecule has 2 saturated heterocycles. The lowest BCUT2D eigenvalue weighted by Gasteiger charge is -2.45. The largest absolute Gasteiger partial charge is 0.479 e. The summed E-state index contributed by atoms with van der Waals surface area (Å²) in [5.41, 5.74) is 8.30. The van der Waals surface area contributed by atoms with E-state index >= 15 is 0 Å². The van der Waals surface area contributed by atoms with Crippen molar-refractivity contribution in [2.45, 2.75) is 87.1 Å². The average molecular weight is 463 g/mol. The summed E-state index contributed by atoms with van der Waals surface area (Å²) in [6, 6.07) is 0. The molecule has 2 aliphatic heterocycles. The Kier molecular flexibility index (Phi) is 8.63. The van der Waals surface area contributed by atoms with Crippen molar-refractivity contribution >= 4 is 5.97 Å². The summed E-state index contributed by atoms with van der Waals surface area (Å²) in [7, 11) is 0. The average Bonchev–Trinajstić information content (AvgIpc) is 3.23. The van der Waals surface area contributed by atoms with E-state index < -0.39 is 54.9 Å². The van der Waals surface area contributed by atoms with Gasteiger partial charge in [0.25, 0.3) is 0 Å². The molecular weight excluding hydrogens is 434 g/mol. The van der Waals surface area contributed by atoms with Crippen LogP contribution in [-0.4, -0.2) is 106 Å². The second-order valence-corrected chi connectivity index (χ2v) is 8.08. The molecule has 3 unspecified atom stereocenters. The molecule has 0 aromatic heterocycles. The molecule has 2 heterocycles. The number of nitrogens with zero attached hydrogens (tertiary/aromatic N) is 3. The number of carbonyl (C=O) groups is 1. The molecule has 5 N–H and O–H groups in total. The Hall–Kier alpha value is -1.58. The van der Waals surface area contributed by atoms with Crippen molar-refractivity contribution in [2.75, 3.05) is 19.8 Å². The summed E-state index contributed by atoms with van der Waals surface area (Å²) in [6.45, 7) is -0.335. The monoisotopic (exact) mass is 463 g/mol. The van der Waals surface area contributed by atoms with E-state index in [9.17, 15) is 30.3 Å². The third kappa shape index (κ3) is 6.05. The van der Waals surface area contributed by atoms with Crippen LogP contribution in [0.3, 0.4) is 0 Å². The lowest BCUT2D eigenvalue weighted by atomic mass is 9.97. The van der Waals surface area contributed by atoms with Crippen LogP contribution in [0.1, 0.15) is 32.1 Å². The van der Waals surface area contributed by atoms with Crippen LogP contribution < -0.4 is 0 Å². The molecule has 14 nitrogen and oxygen atoms in total. The fourth-order valence-corrected chi connectivity index (χ4v) is 4.09. The molecule has 0 spiro atoms. The molecule has 3 aliphatic rings. The van der Waals surface area contributed by atoms with Gasteiger partial charge in [-0.3, -0.25) is 0 Å². The summed E-state index contributed by atoms with van der Waals surface area (Å²) in [5, 5.41) is 54.4. The minimum absolute atomic E-state index is 0.0199. The molecule has 0 aromatic carbocycles. The molecule has 1 aliphatic carbocycles. The number of rotatable bonds is 9. The highest BCUT2D eigenvalue weighted by atomic mass is 16.7. The molecule has 0 radical (unpaired) electrons. The summed E-state index contributed by atoms with van der Waals surface area (Å²) < 4.78 is 27.0. The summed E-state index contributed by atoms with van der Waals surface area (Å²) in [6.07, 6.45) is -7.24. The van der Waals surface area contributed by atoms with Gasteiger partial charge in [-0.15, -0.1) is 0 Å². The summed E-state index contributed by atoms with van der Waals surface area (Å²) in [4.78, 5) is 14.0. The van der Waals surface area contributed by atoms with Gasteiger partial charge in [0.2, 0.25) is 12.1 Å². The number of aliphatic hydroxyl groups excluding tert-OH is 2. The Morgan fingerprint density at radius 1 is 1.16 bits per heavy atom. The van der Waals surface area contributed by atoms with Crippen LogP contribution in [0, 0.1) is 0 Å². The van der Waals surface area contributed by atoms with Crippen molar-refractivity contribution in [3.05, 3.63) is 10.4 Å². The Morgan fingerprint density at radius 2 is 1.88 bits per heavy atom. The molecule has 32 heavy (non-hydrogen) atoms. The molecule has 182 valence electrons. The van der Waals surface area contributed by atoms with Crippen LogP contribution in [0.5, 0.6) is 0 Å². The van der Waals surface area contributed by atoms with Gasteiger partial charge in [0.1, 0.15) is 18.3 Å². The summed E-state index contributed by atoms with van der Waals surface area (Å²) in [5.74, 6) is -4.06. The van der Waals surface area contributed by atoms with Crippen LogP contribution in [0.4, 0.5) is 0 Å². The zero-order chi connectivity index (χ0) is 23.3. The van der Waals surface area contributed by atoms with Crippen LogP contribution >= 0.6 is 0 Å². The number of ether oxygens (including phenoxy) is 5. The second kappa shape index (κ2) is 11.0. The zero-order valence-electron chi connectivity index (χ0n) is 17.3. The van der Waals surface area contributed by atoms with Gasteiger partial charge in [0, 0.05) is 17.9 Å². The van der Waals surface area contributed by atoms with Crippen molar-refractivity contribution < 1.29 is 54.0 Å². The fourth-order valence-electron chi connectivity index (χ4n) is 4.09. The normalized spacial score (nSPS) is 37.7. The maximum atomic E-state index is 11.5. The fraction of sp³-hybridized carbons (Fsp3) is 0.944. The van der Waals surface area contributed by atoms with Gasteiger partial charge in [0.15, 0.2) is 12.4 Å². The van der Waals surface area contributed by atoms with Crippen molar-refractivity contribution in [3.8, 4) is 0 Å². The zero-order valence-corrected chi connectivity index (χ0v) is 17.3. The van der Waals surface area contributed by atoms with E-state index in [0.717, 1.165) is 25.7 Å². The topological polar surface area (TPSA) is 213 Å². The Balaban J connectivity index is 1.64. The second-order valence-electron chi connectivity index (χ2n) is 8.08. The van der Waals surface area contributed by atoms with E-state index in [0.29, 0.717) is 0 Å². The smallest absolute Gasteiger partial charge is 0.335 e. The van der Waals surface area contributed by atoms with Gasteiger partial charge in [-0.2, -0.15) is 0 Å². The number of carboxylic acids is 1. The maximum Gasteiger partial charge on any atom is 0.335 e. The highest BCUT2D eigenvalue weighted by molar-refractivity contribution is 5.73. The van der Waals surface area contributed by atoms with E-state index in [4.69, 9.17) is 29.2 Å². The highest BCUT2D eigenvalue weighted by Crippen LogP contribution is 2.33. The number of aliphatic hydroxyl groups is 4. The van der Waals surface area contributed by atoms with Gasteiger partial charge in [0.05, 0.1) is 25.4 Å². The molecule has 7 atom stereocenters. The predicted molar refractivity (Wildman–Crippen MR) is 102 cm³/mol. The minimum Gasteiger partial charge on any atom is -0.479 e. The first-order valence-electron chi connectivity index (χ1n) is 10.5.